The Morgan fingerprint density at radius 3 is 3.06 bits per heavy atom. The third-order valence-electron chi connectivity index (χ3n) is 3.10. The van der Waals surface area contributed by atoms with Crippen LogP contribution in [-0.4, -0.2) is 10.8 Å². The van der Waals surface area contributed by atoms with Crippen molar-refractivity contribution in [3.8, 4) is 0 Å². The molecule has 2 nitrogen and oxygen atoms in total. The Labute approximate surface area is 98.0 Å². The summed E-state index contributed by atoms with van der Waals surface area (Å²) in [6.07, 6.45) is 3.33. The summed E-state index contributed by atoms with van der Waals surface area (Å²) in [7, 11) is 0. The molecule has 3 heteroatoms. The number of nitrogens with zero attached hydrogens (tertiary/aromatic N) is 1. The lowest BCUT2D eigenvalue weighted by molar-refractivity contribution is 0.0974. The smallest absolute Gasteiger partial charge is 0.175 e. The number of thiazole rings is 1. The van der Waals surface area contributed by atoms with Gasteiger partial charge in [-0.3, -0.25) is 9.78 Å². The van der Waals surface area contributed by atoms with Crippen molar-refractivity contribution in [1.29, 1.82) is 0 Å². The second-order valence-electron chi connectivity index (χ2n) is 4.09. The van der Waals surface area contributed by atoms with Crippen molar-refractivity contribution in [3.63, 3.8) is 0 Å². The molecule has 16 heavy (non-hydrogen) atoms. The van der Waals surface area contributed by atoms with Crippen molar-refractivity contribution in [3.05, 3.63) is 52.0 Å². The van der Waals surface area contributed by atoms with E-state index < -0.39 is 0 Å². The van der Waals surface area contributed by atoms with E-state index in [1.54, 1.807) is 11.7 Å². The van der Waals surface area contributed by atoms with Gasteiger partial charge in [-0.2, -0.15) is 0 Å². The fourth-order valence-electron chi connectivity index (χ4n) is 2.22. The zero-order valence-electron chi connectivity index (χ0n) is 8.72. The molecule has 2 aromatic rings. The highest BCUT2D eigenvalue weighted by atomic mass is 32.1. The van der Waals surface area contributed by atoms with Gasteiger partial charge in [0.15, 0.2) is 5.78 Å². The lowest BCUT2D eigenvalue weighted by Crippen LogP contribution is -2.19. The number of hydrogen-bond acceptors (Lipinski definition) is 3. The number of hydrogen-bond donors (Lipinski definition) is 0. The normalized spacial score (nSPS) is 17.6. The molecule has 1 aromatic carbocycles. The van der Waals surface area contributed by atoms with Gasteiger partial charge in [-0.1, -0.05) is 24.3 Å². The average molecular weight is 229 g/mol. The molecule has 0 saturated carbocycles. The number of ketones is 1. The van der Waals surface area contributed by atoms with Crippen molar-refractivity contribution in [2.45, 2.75) is 18.8 Å². The number of fused-ring (bicyclic) bond motifs is 1. The minimum atomic E-state index is 0.224. The summed E-state index contributed by atoms with van der Waals surface area (Å²) in [5.41, 5.74) is 4.45. The summed E-state index contributed by atoms with van der Waals surface area (Å²) < 4.78 is 0. The van der Waals surface area contributed by atoms with Crippen LogP contribution in [0.1, 0.15) is 33.1 Å². The lowest BCUT2D eigenvalue weighted by atomic mass is 9.75. The fraction of sp³-hybridized carbons (Fsp3) is 0.231. The first-order valence-corrected chi connectivity index (χ1v) is 6.22. The van der Waals surface area contributed by atoms with Crippen LogP contribution in [0.3, 0.4) is 0 Å². The second kappa shape index (κ2) is 3.83. The van der Waals surface area contributed by atoms with Crippen molar-refractivity contribution in [2.75, 3.05) is 0 Å². The summed E-state index contributed by atoms with van der Waals surface area (Å²) in [6, 6.07) is 8.37. The molecule has 1 aromatic heterocycles. The lowest BCUT2D eigenvalue weighted by Gasteiger charge is -2.29. The van der Waals surface area contributed by atoms with Crippen molar-refractivity contribution >= 4 is 17.1 Å². The Bertz CT molecular complexity index is 518. The largest absolute Gasteiger partial charge is 0.293 e. The van der Waals surface area contributed by atoms with E-state index in [0.29, 0.717) is 12.3 Å². The first-order valence-electron chi connectivity index (χ1n) is 5.34. The van der Waals surface area contributed by atoms with Gasteiger partial charge in [0.2, 0.25) is 0 Å². The highest BCUT2D eigenvalue weighted by molar-refractivity contribution is 7.11. The quantitative estimate of drug-likeness (QED) is 0.757. The first-order chi connectivity index (χ1) is 7.84. The SMILES string of the molecule is O=C(CC1Cc2ccccc21)c1cncs1. The van der Waals surface area contributed by atoms with Crippen molar-refractivity contribution < 1.29 is 4.79 Å². The molecule has 0 N–H and O–H groups in total. The third-order valence-corrected chi connectivity index (χ3v) is 3.91. The maximum atomic E-state index is 11.9. The molecule has 0 bridgehead atoms. The third kappa shape index (κ3) is 1.57. The highest BCUT2D eigenvalue weighted by Gasteiger charge is 2.27. The van der Waals surface area contributed by atoms with Crippen LogP contribution in [0.5, 0.6) is 0 Å². The van der Waals surface area contributed by atoms with Crippen LogP contribution in [0, 0.1) is 0 Å². The Kier molecular flexibility index (Phi) is 2.33. The minimum absolute atomic E-state index is 0.224. The van der Waals surface area contributed by atoms with E-state index >= 15 is 0 Å². The first kappa shape index (κ1) is 9.73. The molecule has 3 rings (SSSR count). The number of benzene rings is 1. The maximum absolute atomic E-state index is 11.9. The second-order valence-corrected chi connectivity index (χ2v) is 4.98. The molecule has 0 saturated heterocycles. The molecular weight excluding hydrogens is 218 g/mol. The summed E-state index contributed by atoms with van der Waals surface area (Å²) in [4.78, 5) is 16.6. The standard InChI is InChI=1S/C13H11NOS/c15-12(13-7-14-8-16-13)6-10-5-9-3-1-2-4-11(9)10/h1-4,7-8,10H,5-6H2. The Hall–Kier alpha value is -1.48. The van der Waals surface area contributed by atoms with Crippen LogP contribution >= 0.6 is 11.3 Å². The molecule has 1 atom stereocenters. The van der Waals surface area contributed by atoms with Gasteiger partial charge in [0.05, 0.1) is 10.4 Å². The van der Waals surface area contributed by atoms with Crippen LogP contribution in [-0.2, 0) is 6.42 Å². The van der Waals surface area contributed by atoms with Gasteiger partial charge in [0.1, 0.15) is 0 Å². The van der Waals surface area contributed by atoms with Crippen molar-refractivity contribution in [2.24, 2.45) is 0 Å². The van der Waals surface area contributed by atoms with E-state index in [4.69, 9.17) is 0 Å². The average Bonchev–Trinajstić information content (AvgIpc) is 2.79. The summed E-state index contributed by atoms with van der Waals surface area (Å²) in [5.74, 6) is 0.646. The van der Waals surface area contributed by atoms with Gasteiger partial charge >= 0.3 is 0 Å². The Morgan fingerprint density at radius 1 is 1.44 bits per heavy atom. The highest BCUT2D eigenvalue weighted by Crippen LogP contribution is 2.38. The minimum Gasteiger partial charge on any atom is -0.293 e. The van der Waals surface area contributed by atoms with Gasteiger partial charge in [-0.25, -0.2) is 0 Å². The van der Waals surface area contributed by atoms with E-state index in [0.717, 1.165) is 11.3 Å². The molecule has 0 radical (unpaired) electrons. The van der Waals surface area contributed by atoms with Gasteiger partial charge in [0.25, 0.3) is 0 Å². The van der Waals surface area contributed by atoms with Crippen LogP contribution in [0.2, 0.25) is 0 Å². The van der Waals surface area contributed by atoms with E-state index in [1.807, 2.05) is 6.07 Å². The van der Waals surface area contributed by atoms with Gasteiger partial charge in [-0.05, 0) is 23.5 Å². The van der Waals surface area contributed by atoms with Gasteiger partial charge in [-0.15, -0.1) is 11.3 Å². The molecule has 1 aliphatic carbocycles. The molecular formula is C13H11NOS. The van der Waals surface area contributed by atoms with E-state index in [9.17, 15) is 4.79 Å². The van der Waals surface area contributed by atoms with E-state index in [2.05, 4.69) is 23.2 Å². The molecule has 1 aliphatic rings. The van der Waals surface area contributed by atoms with Crippen molar-refractivity contribution in [1.82, 2.24) is 4.98 Å². The molecule has 1 unspecified atom stereocenters. The van der Waals surface area contributed by atoms with Gasteiger partial charge < -0.3 is 0 Å². The maximum Gasteiger partial charge on any atom is 0.175 e. The zero-order valence-corrected chi connectivity index (χ0v) is 9.54. The van der Waals surface area contributed by atoms with Gasteiger partial charge in [0, 0.05) is 12.6 Å². The molecule has 80 valence electrons. The number of rotatable bonds is 3. The van der Waals surface area contributed by atoms with Crippen LogP contribution in [0.25, 0.3) is 0 Å². The topological polar surface area (TPSA) is 30.0 Å². The summed E-state index contributed by atoms with van der Waals surface area (Å²) >= 11 is 1.43. The number of carbonyl (C=O) groups is 1. The Morgan fingerprint density at radius 2 is 2.31 bits per heavy atom. The van der Waals surface area contributed by atoms with E-state index in [-0.39, 0.29) is 5.78 Å². The van der Waals surface area contributed by atoms with Crippen LogP contribution in [0.4, 0.5) is 0 Å². The summed E-state index contributed by atoms with van der Waals surface area (Å²) in [5, 5.41) is 0. The number of Topliss-reactive ketones (excluding diaryl/α,β-unsaturated/α-hetero) is 1. The Balaban J connectivity index is 1.73. The van der Waals surface area contributed by atoms with Crippen LogP contribution in [0.15, 0.2) is 36.0 Å². The van der Waals surface area contributed by atoms with Crippen LogP contribution < -0.4 is 0 Å². The predicted octanol–water partition coefficient (Wildman–Crippen LogP) is 3.06. The molecule has 1 heterocycles. The zero-order chi connectivity index (χ0) is 11.0. The molecule has 0 spiro atoms. The fourth-order valence-corrected chi connectivity index (χ4v) is 2.79. The molecule has 0 fully saturated rings. The predicted molar refractivity (Wildman–Crippen MR) is 63.9 cm³/mol. The number of carbonyl (C=O) groups excluding carboxylic acids is 1. The summed E-state index contributed by atoms with van der Waals surface area (Å²) in [6.45, 7) is 0. The molecule has 0 aliphatic heterocycles. The monoisotopic (exact) mass is 229 g/mol. The van der Waals surface area contributed by atoms with E-state index in [1.165, 1.54) is 22.5 Å². The number of aromatic nitrogens is 1. The molecule has 0 amide bonds.